The lowest BCUT2D eigenvalue weighted by Gasteiger charge is -2.09. The molecule has 3 aromatic rings. The van der Waals surface area contributed by atoms with Gasteiger partial charge in [0.2, 0.25) is 11.8 Å². The van der Waals surface area contributed by atoms with Gasteiger partial charge in [0.1, 0.15) is 11.5 Å². The molecule has 152 valence electrons. The van der Waals surface area contributed by atoms with Crippen molar-refractivity contribution in [3.05, 3.63) is 71.1 Å². The number of amides is 1. The molecule has 0 aliphatic carbocycles. The predicted octanol–water partition coefficient (Wildman–Crippen LogP) is 4.77. The van der Waals surface area contributed by atoms with Crippen LogP contribution in [0, 0.1) is 6.92 Å². The number of methoxy groups -OCH3 is 1. The minimum absolute atomic E-state index is 0.0163. The summed E-state index contributed by atoms with van der Waals surface area (Å²) >= 11 is 1.52. The number of para-hydroxylation sites is 1. The van der Waals surface area contributed by atoms with E-state index < -0.39 is 0 Å². The predicted molar refractivity (Wildman–Crippen MR) is 117 cm³/mol. The SMILES string of the molecule is CCc1ccc(-c2nc(CSCC(=O)NCc3ccccc3OC)c(C)o2)cc1. The molecule has 0 saturated carbocycles. The van der Waals surface area contributed by atoms with Crippen molar-refractivity contribution in [3.63, 3.8) is 0 Å². The lowest BCUT2D eigenvalue weighted by atomic mass is 10.1. The quantitative estimate of drug-likeness (QED) is 0.550. The second-order valence-corrected chi connectivity index (χ2v) is 7.64. The highest BCUT2D eigenvalue weighted by Gasteiger charge is 2.12. The second-order valence-electron chi connectivity index (χ2n) is 6.65. The van der Waals surface area contributed by atoms with Crippen LogP contribution in [-0.2, 0) is 23.5 Å². The molecule has 1 N–H and O–H groups in total. The molecule has 0 saturated heterocycles. The van der Waals surface area contributed by atoms with E-state index in [1.165, 1.54) is 17.3 Å². The standard InChI is InChI=1S/C23H26N2O3S/c1-4-17-9-11-18(12-10-17)23-25-20(16(2)28-23)14-29-15-22(26)24-13-19-7-5-6-8-21(19)27-3/h5-12H,4,13-15H2,1-3H3,(H,24,26). The minimum Gasteiger partial charge on any atom is -0.496 e. The van der Waals surface area contributed by atoms with Crippen LogP contribution in [-0.4, -0.2) is 23.8 Å². The van der Waals surface area contributed by atoms with Gasteiger partial charge in [0.15, 0.2) is 0 Å². The summed E-state index contributed by atoms with van der Waals surface area (Å²) in [5.41, 5.74) is 4.09. The van der Waals surface area contributed by atoms with Crippen LogP contribution in [0.3, 0.4) is 0 Å². The van der Waals surface area contributed by atoms with Crippen LogP contribution in [0.15, 0.2) is 52.9 Å². The Hall–Kier alpha value is -2.73. The van der Waals surface area contributed by atoms with Crippen LogP contribution in [0.25, 0.3) is 11.5 Å². The van der Waals surface area contributed by atoms with Gasteiger partial charge in [-0.15, -0.1) is 11.8 Å². The van der Waals surface area contributed by atoms with E-state index in [4.69, 9.17) is 9.15 Å². The van der Waals surface area contributed by atoms with Crippen LogP contribution < -0.4 is 10.1 Å². The van der Waals surface area contributed by atoms with E-state index in [0.717, 1.165) is 34.8 Å². The number of ether oxygens (including phenoxy) is 1. The first-order valence-electron chi connectivity index (χ1n) is 9.62. The summed E-state index contributed by atoms with van der Waals surface area (Å²) in [5, 5.41) is 2.93. The molecule has 3 rings (SSSR count). The highest BCUT2D eigenvalue weighted by atomic mass is 32.2. The molecular formula is C23H26N2O3S. The van der Waals surface area contributed by atoms with Crippen LogP contribution in [0.1, 0.15) is 29.5 Å². The van der Waals surface area contributed by atoms with Gasteiger partial charge in [0.25, 0.3) is 0 Å². The Balaban J connectivity index is 1.50. The number of aryl methyl sites for hydroxylation is 2. The van der Waals surface area contributed by atoms with Gasteiger partial charge < -0.3 is 14.5 Å². The first-order chi connectivity index (χ1) is 14.1. The van der Waals surface area contributed by atoms with E-state index in [1.54, 1.807) is 7.11 Å². The smallest absolute Gasteiger partial charge is 0.230 e. The van der Waals surface area contributed by atoms with Gasteiger partial charge in [-0.05, 0) is 37.1 Å². The van der Waals surface area contributed by atoms with Crippen LogP contribution in [0.5, 0.6) is 5.75 Å². The summed E-state index contributed by atoms with van der Waals surface area (Å²) < 4.78 is 11.1. The Morgan fingerprint density at radius 2 is 1.93 bits per heavy atom. The maximum Gasteiger partial charge on any atom is 0.230 e. The maximum atomic E-state index is 12.2. The molecule has 2 aromatic carbocycles. The average molecular weight is 411 g/mol. The number of nitrogens with one attached hydrogen (secondary N) is 1. The number of carbonyl (C=O) groups is 1. The van der Waals surface area contributed by atoms with E-state index in [9.17, 15) is 4.79 Å². The zero-order chi connectivity index (χ0) is 20.6. The van der Waals surface area contributed by atoms with Gasteiger partial charge in [-0.3, -0.25) is 4.79 Å². The Kier molecular flexibility index (Phi) is 7.36. The van der Waals surface area contributed by atoms with Gasteiger partial charge in [0.05, 0.1) is 18.6 Å². The average Bonchev–Trinajstić information content (AvgIpc) is 3.13. The molecule has 0 bridgehead atoms. The van der Waals surface area contributed by atoms with Crippen LogP contribution in [0.4, 0.5) is 0 Å². The summed E-state index contributed by atoms with van der Waals surface area (Å²) in [7, 11) is 1.63. The molecule has 0 atom stereocenters. The number of hydrogen-bond acceptors (Lipinski definition) is 5. The summed E-state index contributed by atoms with van der Waals surface area (Å²) in [6, 6.07) is 15.9. The third-order valence-corrected chi connectivity index (χ3v) is 5.59. The summed E-state index contributed by atoms with van der Waals surface area (Å²) in [6.45, 7) is 4.49. The van der Waals surface area contributed by atoms with Crippen molar-refractivity contribution in [2.24, 2.45) is 0 Å². The maximum absolute atomic E-state index is 12.2. The monoisotopic (exact) mass is 410 g/mol. The van der Waals surface area contributed by atoms with Crippen molar-refractivity contribution in [1.29, 1.82) is 0 Å². The summed E-state index contributed by atoms with van der Waals surface area (Å²) in [6.07, 6.45) is 1.01. The van der Waals surface area contributed by atoms with Gasteiger partial charge >= 0.3 is 0 Å². The van der Waals surface area contributed by atoms with Gasteiger partial charge in [0, 0.05) is 23.4 Å². The summed E-state index contributed by atoms with van der Waals surface area (Å²) in [4.78, 5) is 16.8. The van der Waals surface area contributed by atoms with E-state index in [0.29, 0.717) is 23.9 Å². The highest BCUT2D eigenvalue weighted by Crippen LogP contribution is 2.24. The van der Waals surface area contributed by atoms with Crippen molar-refractivity contribution < 1.29 is 13.9 Å². The first-order valence-corrected chi connectivity index (χ1v) is 10.8. The largest absolute Gasteiger partial charge is 0.496 e. The molecular weight excluding hydrogens is 384 g/mol. The minimum atomic E-state index is -0.0163. The van der Waals surface area contributed by atoms with Crippen molar-refractivity contribution in [2.75, 3.05) is 12.9 Å². The molecule has 0 spiro atoms. The number of benzene rings is 2. The molecule has 5 nitrogen and oxygen atoms in total. The number of thioether (sulfide) groups is 1. The lowest BCUT2D eigenvalue weighted by molar-refractivity contribution is -0.118. The van der Waals surface area contributed by atoms with Gasteiger partial charge in [-0.25, -0.2) is 4.98 Å². The molecule has 0 unspecified atom stereocenters. The third kappa shape index (κ3) is 5.64. The first kappa shape index (κ1) is 21.0. The van der Waals surface area contributed by atoms with E-state index in [2.05, 4.69) is 29.4 Å². The molecule has 1 amide bonds. The molecule has 0 fully saturated rings. The topological polar surface area (TPSA) is 64.4 Å². The number of rotatable bonds is 9. The molecule has 1 aromatic heterocycles. The van der Waals surface area contributed by atoms with Gasteiger partial charge in [-0.2, -0.15) is 0 Å². The fraction of sp³-hybridized carbons (Fsp3) is 0.304. The second kappa shape index (κ2) is 10.2. The van der Waals surface area contributed by atoms with Crippen molar-refractivity contribution >= 4 is 17.7 Å². The van der Waals surface area contributed by atoms with E-state index in [1.807, 2.05) is 43.3 Å². The van der Waals surface area contributed by atoms with Crippen molar-refractivity contribution in [1.82, 2.24) is 10.3 Å². The Labute approximate surface area is 175 Å². The number of hydrogen-bond donors (Lipinski definition) is 1. The van der Waals surface area contributed by atoms with Crippen LogP contribution >= 0.6 is 11.8 Å². The normalized spacial score (nSPS) is 10.7. The summed E-state index contributed by atoms with van der Waals surface area (Å²) in [5.74, 6) is 3.17. The highest BCUT2D eigenvalue weighted by molar-refractivity contribution is 7.99. The third-order valence-electron chi connectivity index (χ3n) is 4.64. The molecule has 0 aliphatic heterocycles. The molecule has 29 heavy (non-hydrogen) atoms. The zero-order valence-electron chi connectivity index (χ0n) is 17.0. The van der Waals surface area contributed by atoms with E-state index >= 15 is 0 Å². The fourth-order valence-electron chi connectivity index (χ4n) is 2.90. The lowest BCUT2D eigenvalue weighted by Crippen LogP contribution is -2.24. The van der Waals surface area contributed by atoms with E-state index in [-0.39, 0.29) is 5.91 Å². The number of carbonyl (C=O) groups excluding carboxylic acids is 1. The number of aromatic nitrogens is 1. The van der Waals surface area contributed by atoms with Crippen molar-refractivity contribution in [2.45, 2.75) is 32.6 Å². The fourth-order valence-corrected chi connectivity index (χ4v) is 3.75. The molecule has 0 radical (unpaired) electrons. The molecule has 0 aliphatic rings. The van der Waals surface area contributed by atoms with Crippen molar-refractivity contribution in [3.8, 4) is 17.2 Å². The Morgan fingerprint density at radius 1 is 1.17 bits per heavy atom. The Morgan fingerprint density at radius 3 is 2.66 bits per heavy atom. The van der Waals surface area contributed by atoms with Crippen LogP contribution in [0.2, 0.25) is 0 Å². The molecule has 1 heterocycles. The molecule has 6 heteroatoms. The number of oxazole rings is 1. The Bertz CT molecular complexity index is 951. The zero-order valence-corrected chi connectivity index (χ0v) is 17.8. The van der Waals surface area contributed by atoms with Gasteiger partial charge in [-0.1, -0.05) is 37.3 Å². The number of nitrogens with zero attached hydrogens (tertiary/aromatic N) is 1.